The normalized spacial score (nSPS) is 12.6. The summed E-state index contributed by atoms with van der Waals surface area (Å²) < 4.78 is 10.5. The third kappa shape index (κ3) is 6.24. The molecule has 0 saturated heterocycles. The Hall–Kier alpha value is -0.823. The highest BCUT2D eigenvalue weighted by atomic mass is 127. The number of hydrogen-bond acceptors (Lipinski definition) is 3. The molecule has 0 N–H and O–H groups in total. The number of ether oxygens (including phenoxy) is 1. The van der Waals surface area contributed by atoms with Gasteiger partial charge in [0.05, 0.1) is 5.76 Å². The fourth-order valence-corrected chi connectivity index (χ4v) is 2.83. The van der Waals surface area contributed by atoms with Crippen molar-refractivity contribution in [2.45, 2.75) is 30.2 Å². The van der Waals surface area contributed by atoms with E-state index in [2.05, 4.69) is 26.2 Å². The lowest BCUT2D eigenvalue weighted by Gasteiger charge is -2.23. The van der Waals surface area contributed by atoms with Crippen LogP contribution < -0.4 is 0 Å². The highest BCUT2D eigenvalue weighted by Crippen LogP contribution is 2.19. The second-order valence-electron chi connectivity index (χ2n) is 5.14. The molecule has 0 fully saturated rings. The maximum atomic E-state index is 11.9. The summed E-state index contributed by atoms with van der Waals surface area (Å²) >= 11 is 2.00. The number of hydrogen-bond donors (Lipinski definition) is 0. The molecule has 0 saturated carbocycles. The summed E-state index contributed by atoms with van der Waals surface area (Å²) in [5.74, 6) is 0.172. The average Bonchev–Trinajstić information content (AvgIpc) is 2.34. The van der Waals surface area contributed by atoms with Crippen molar-refractivity contribution in [1.82, 2.24) is 0 Å². The second kappa shape index (κ2) is 7.09. The van der Waals surface area contributed by atoms with Gasteiger partial charge in [-0.25, -0.2) is 0 Å². The average molecular weight is 390 g/mol. The van der Waals surface area contributed by atoms with Gasteiger partial charge in [-0.2, -0.15) is 0 Å². The van der Waals surface area contributed by atoms with Gasteiger partial charge in [0.25, 0.3) is 0 Å². The van der Waals surface area contributed by atoms with Crippen molar-refractivity contribution in [3.05, 3.63) is 48.2 Å². The molecule has 0 radical (unpaired) electrons. The summed E-state index contributed by atoms with van der Waals surface area (Å²) in [6, 6.07) is 9.59. The molecule has 1 rings (SSSR count). The van der Waals surface area contributed by atoms with E-state index in [0.717, 1.165) is 5.56 Å². The van der Waals surface area contributed by atoms with Gasteiger partial charge in [-0.05, 0) is 25.2 Å². The minimum atomic E-state index is -1.73. The lowest BCUT2D eigenvalue weighted by Crippen LogP contribution is -2.30. The first-order valence-corrected chi connectivity index (χ1v) is 10.7. The Morgan fingerprint density at radius 2 is 1.89 bits per heavy atom. The van der Waals surface area contributed by atoms with E-state index in [-0.39, 0.29) is 12.6 Å². The van der Waals surface area contributed by atoms with Crippen molar-refractivity contribution >= 4 is 36.9 Å². The highest BCUT2D eigenvalue weighted by Gasteiger charge is 2.26. The van der Waals surface area contributed by atoms with Gasteiger partial charge in [0.2, 0.25) is 8.32 Å². The number of halogens is 1. The lowest BCUT2D eigenvalue weighted by atomic mass is 10.2. The molecule has 1 aromatic rings. The SMILES string of the molecule is C=C(O[Si](C)(C)C)C(I)C(=O)OCc1ccccc1. The van der Waals surface area contributed by atoms with Crippen molar-refractivity contribution in [1.29, 1.82) is 0 Å². The molecule has 1 atom stereocenters. The van der Waals surface area contributed by atoms with E-state index in [1.807, 2.05) is 52.9 Å². The second-order valence-corrected chi connectivity index (χ2v) is 10.8. The van der Waals surface area contributed by atoms with Crippen LogP contribution in [-0.4, -0.2) is 18.2 Å². The van der Waals surface area contributed by atoms with Gasteiger partial charge in [0.15, 0.2) is 3.92 Å². The van der Waals surface area contributed by atoms with Crippen LogP contribution in [0, 0.1) is 0 Å². The van der Waals surface area contributed by atoms with E-state index < -0.39 is 12.2 Å². The molecular weight excluding hydrogens is 371 g/mol. The molecule has 0 bridgehead atoms. The van der Waals surface area contributed by atoms with Crippen LogP contribution in [0.5, 0.6) is 0 Å². The van der Waals surface area contributed by atoms with Gasteiger partial charge in [-0.3, -0.25) is 4.79 Å². The predicted molar refractivity (Wildman–Crippen MR) is 87.6 cm³/mol. The van der Waals surface area contributed by atoms with Gasteiger partial charge >= 0.3 is 5.97 Å². The molecule has 0 aliphatic carbocycles. The Balaban J connectivity index is 2.47. The van der Waals surface area contributed by atoms with Crippen LogP contribution in [0.2, 0.25) is 19.6 Å². The first-order valence-electron chi connectivity index (χ1n) is 6.02. The van der Waals surface area contributed by atoms with Crippen molar-refractivity contribution in [3.8, 4) is 0 Å². The van der Waals surface area contributed by atoms with Crippen LogP contribution in [0.15, 0.2) is 42.7 Å². The van der Waals surface area contributed by atoms with Crippen molar-refractivity contribution < 1.29 is 14.0 Å². The summed E-state index contributed by atoms with van der Waals surface area (Å²) in [5.41, 5.74) is 0.969. The topological polar surface area (TPSA) is 35.5 Å². The van der Waals surface area contributed by atoms with Crippen LogP contribution in [0.3, 0.4) is 0 Å². The molecule has 0 aliphatic rings. The molecule has 0 heterocycles. The van der Waals surface area contributed by atoms with E-state index in [9.17, 15) is 4.79 Å². The summed E-state index contributed by atoms with van der Waals surface area (Å²) in [6.07, 6.45) is 0. The number of benzene rings is 1. The van der Waals surface area contributed by atoms with Gasteiger partial charge in [0.1, 0.15) is 6.61 Å². The molecular formula is C14H19IO3Si. The molecule has 0 aromatic heterocycles. The van der Waals surface area contributed by atoms with Crippen molar-refractivity contribution in [3.63, 3.8) is 0 Å². The molecule has 0 amide bonds. The minimum Gasteiger partial charge on any atom is -0.546 e. The summed E-state index contributed by atoms with van der Waals surface area (Å²) in [4.78, 5) is 11.9. The maximum absolute atomic E-state index is 11.9. The molecule has 1 aromatic carbocycles. The fourth-order valence-electron chi connectivity index (χ4n) is 1.38. The van der Waals surface area contributed by atoms with E-state index in [1.165, 1.54) is 0 Å². The maximum Gasteiger partial charge on any atom is 0.326 e. The van der Waals surface area contributed by atoms with Crippen LogP contribution in [0.4, 0.5) is 0 Å². The Kier molecular flexibility index (Phi) is 6.06. The molecule has 0 spiro atoms. The van der Waals surface area contributed by atoms with Crippen LogP contribution >= 0.6 is 22.6 Å². The number of alkyl halides is 1. The Bertz CT molecular complexity index is 440. The van der Waals surface area contributed by atoms with E-state index in [4.69, 9.17) is 9.16 Å². The molecule has 1 unspecified atom stereocenters. The smallest absolute Gasteiger partial charge is 0.326 e. The standard InChI is InChI=1S/C14H19IO3Si/c1-11(18-19(2,3)4)13(15)14(16)17-10-12-8-6-5-7-9-12/h5-9,13H,1,10H2,2-4H3. The molecule has 0 aliphatic heterocycles. The predicted octanol–water partition coefficient (Wildman–Crippen LogP) is 3.90. The zero-order valence-corrected chi connectivity index (χ0v) is 14.6. The fraction of sp³-hybridized carbons (Fsp3) is 0.357. The third-order valence-electron chi connectivity index (χ3n) is 2.15. The van der Waals surface area contributed by atoms with Crippen LogP contribution in [0.1, 0.15) is 5.56 Å². The lowest BCUT2D eigenvalue weighted by molar-refractivity contribution is -0.143. The van der Waals surface area contributed by atoms with Gasteiger partial charge in [0, 0.05) is 0 Å². The number of rotatable bonds is 6. The summed E-state index contributed by atoms with van der Waals surface area (Å²) in [6.45, 7) is 10.3. The third-order valence-corrected chi connectivity index (χ3v) is 4.23. The van der Waals surface area contributed by atoms with E-state index >= 15 is 0 Å². The number of esters is 1. The monoisotopic (exact) mass is 390 g/mol. The van der Waals surface area contributed by atoms with E-state index in [0.29, 0.717) is 5.76 Å². The Morgan fingerprint density at radius 3 is 2.42 bits per heavy atom. The largest absolute Gasteiger partial charge is 0.546 e. The Morgan fingerprint density at radius 1 is 1.32 bits per heavy atom. The van der Waals surface area contributed by atoms with Crippen molar-refractivity contribution in [2.75, 3.05) is 0 Å². The summed E-state index contributed by atoms with van der Waals surface area (Å²) in [7, 11) is -1.73. The Labute approximate surface area is 129 Å². The first-order chi connectivity index (χ1) is 8.79. The molecule has 3 nitrogen and oxygen atoms in total. The minimum absolute atomic E-state index is 0.277. The van der Waals surface area contributed by atoms with E-state index in [1.54, 1.807) is 0 Å². The number of carbonyl (C=O) groups is 1. The highest BCUT2D eigenvalue weighted by molar-refractivity contribution is 14.1. The van der Waals surface area contributed by atoms with Crippen LogP contribution in [-0.2, 0) is 20.6 Å². The summed E-state index contributed by atoms with van der Waals surface area (Å²) in [5, 5.41) is 0. The molecule has 19 heavy (non-hydrogen) atoms. The van der Waals surface area contributed by atoms with Crippen molar-refractivity contribution in [2.24, 2.45) is 0 Å². The van der Waals surface area contributed by atoms with Gasteiger partial charge in [-0.1, -0.05) is 59.5 Å². The van der Waals surface area contributed by atoms with Gasteiger partial charge < -0.3 is 9.16 Å². The molecule has 5 heteroatoms. The van der Waals surface area contributed by atoms with Crippen LogP contribution in [0.25, 0.3) is 0 Å². The zero-order chi connectivity index (χ0) is 14.5. The number of carbonyl (C=O) groups excluding carboxylic acids is 1. The quantitative estimate of drug-likeness (QED) is 0.243. The first kappa shape index (κ1) is 16.2. The zero-order valence-electron chi connectivity index (χ0n) is 11.5. The van der Waals surface area contributed by atoms with Gasteiger partial charge in [-0.15, -0.1) is 0 Å². The molecule has 104 valence electrons.